The lowest BCUT2D eigenvalue weighted by Gasteiger charge is -2.07. The van der Waals surface area contributed by atoms with Gasteiger partial charge < -0.3 is 10.6 Å². The van der Waals surface area contributed by atoms with Crippen molar-refractivity contribution in [1.29, 1.82) is 0 Å². The van der Waals surface area contributed by atoms with Crippen LogP contribution in [0.3, 0.4) is 0 Å². The van der Waals surface area contributed by atoms with Gasteiger partial charge in [-0.2, -0.15) is 0 Å². The normalized spacial score (nSPS) is 10.7. The Morgan fingerprint density at radius 1 is 1.11 bits per heavy atom. The molecule has 0 bridgehead atoms. The molecule has 0 aliphatic rings. The first-order chi connectivity index (χ1) is 13.2. The van der Waals surface area contributed by atoms with Gasteiger partial charge in [0.25, 0.3) is 0 Å². The maximum Gasteiger partial charge on any atom is 0.230 e. The minimum Gasteiger partial charge on any atom is -0.324 e. The van der Waals surface area contributed by atoms with Gasteiger partial charge in [0.1, 0.15) is 5.82 Å². The van der Waals surface area contributed by atoms with E-state index in [9.17, 15) is 4.79 Å². The molecule has 0 saturated heterocycles. The largest absolute Gasteiger partial charge is 0.324 e. The van der Waals surface area contributed by atoms with Crippen LogP contribution in [0.4, 0.5) is 16.6 Å². The number of carbonyl (C=O) groups excluding carboxylic acids is 1. The highest BCUT2D eigenvalue weighted by atomic mass is 35.5. The zero-order valence-electron chi connectivity index (χ0n) is 14.0. The molecule has 0 aliphatic heterocycles. The minimum atomic E-state index is -0.144. The lowest BCUT2D eigenvalue weighted by molar-refractivity contribution is -0.115. The molecule has 0 unspecified atom stereocenters. The number of anilines is 3. The van der Waals surface area contributed by atoms with Crippen LogP contribution in [0.2, 0.25) is 5.02 Å². The van der Waals surface area contributed by atoms with E-state index in [2.05, 4.69) is 25.6 Å². The van der Waals surface area contributed by atoms with Crippen molar-refractivity contribution < 1.29 is 4.79 Å². The van der Waals surface area contributed by atoms with Crippen molar-refractivity contribution in [3.63, 3.8) is 0 Å². The van der Waals surface area contributed by atoms with Crippen LogP contribution in [0.15, 0.2) is 60.2 Å². The second-order valence-corrected chi connectivity index (χ2v) is 7.03. The summed E-state index contributed by atoms with van der Waals surface area (Å²) >= 11 is 7.24. The van der Waals surface area contributed by atoms with Crippen LogP contribution in [0.5, 0.6) is 0 Å². The first kappa shape index (κ1) is 17.4. The second-order valence-electron chi connectivity index (χ2n) is 5.74. The third-order valence-corrected chi connectivity index (χ3v) is 4.79. The number of aromatic nitrogens is 3. The molecular weight excluding hydrogens is 382 g/mol. The van der Waals surface area contributed by atoms with Crippen molar-refractivity contribution in [2.75, 3.05) is 10.6 Å². The number of amides is 1. The molecule has 0 fully saturated rings. The van der Waals surface area contributed by atoms with Gasteiger partial charge in [-0.1, -0.05) is 29.8 Å². The van der Waals surface area contributed by atoms with E-state index in [1.54, 1.807) is 24.5 Å². The zero-order chi connectivity index (χ0) is 18.6. The highest BCUT2D eigenvalue weighted by Gasteiger charge is 2.10. The van der Waals surface area contributed by atoms with Gasteiger partial charge in [-0.15, -0.1) is 11.3 Å². The Hall–Kier alpha value is -3.03. The van der Waals surface area contributed by atoms with Gasteiger partial charge in [-0.25, -0.2) is 9.97 Å². The lowest BCUT2D eigenvalue weighted by atomic mass is 10.2. The number of carbonyl (C=O) groups is 1. The summed E-state index contributed by atoms with van der Waals surface area (Å²) in [5.74, 6) is 0.501. The number of fused-ring (bicyclic) bond motifs is 1. The van der Waals surface area contributed by atoms with E-state index >= 15 is 0 Å². The average Bonchev–Trinajstić information content (AvgIpc) is 3.10. The molecule has 0 saturated carbocycles. The molecule has 0 atom stereocenters. The van der Waals surface area contributed by atoms with E-state index in [4.69, 9.17) is 11.6 Å². The summed E-state index contributed by atoms with van der Waals surface area (Å²) < 4.78 is 0. The topological polar surface area (TPSA) is 79.8 Å². The highest BCUT2D eigenvalue weighted by molar-refractivity contribution is 7.13. The van der Waals surface area contributed by atoms with Crippen molar-refractivity contribution >= 4 is 56.4 Å². The van der Waals surface area contributed by atoms with Crippen LogP contribution in [0, 0.1) is 0 Å². The van der Waals surface area contributed by atoms with Gasteiger partial charge in [0.2, 0.25) is 5.91 Å². The molecule has 2 N–H and O–H groups in total. The Morgan fingerprint density at radius 3 is 2.85 bits per heavy atom. The van der Waals surface area contributed by atoms with Gasteiger partial charge in [0.05, 0.1) is 28.3 Å². The number of thiazole rings is 1. The smallest absolute Gasteiger partial charge is 0.230 e. The first-order valence-corrected chi connectivity index (χ1v) is 9.40. The summed E-state index contributed by atoms with van der Waals surface area (Å²) in [4.78, 5) is 25.3. The molecule has 8 heteroatoms. The van der Waals surface area contributed by atoms with E-state index in [0.717, 1.165) is 10.9 Å². The number of halogens is 1. The number of para-hydroxylation sites is 1. The quantitative estimate of drug-likeness (QED) is 0.513. The van der Waals surface area contributed by atoms with Crippen molar-refractivity contribution in [3.05, 3.63) is 71.0 Å². The van der Waals surface area contributed by atoms with Crippen molar-refractivity contribution in [2.24, 2.45) is 0 Å². The molecule has 1 amide bonds. The van der Waals surface area contributed by atoms with Crippen molar-refractivity contribution in [2.45, 2.75) is 6.42 Å². The van der Waals surface area contributed by atoms with E-state index in [0.29, 0.717) is 27.4 Å². The predicted octanol–water partition coefficient (Wildman–Crippen LogP) is 4.66. The lowest BCUT2D eigenvalue weighted by Crippen LogP contribution is -2.15. The molecule has 1 aromatic carbocycles. The van der Waals surface area contributed by atoms with Crippen LogP contribution in [0.1, 0.15) is 5.69 Å². The summed E-state index contributed by atoms with van der Waals surface area (Å²) in [6.45, 7) is 0. The number of pyridine rings is 2. The third-order valence-electron chi connectivity index (χ3n) is 3.76. The zero-order valence-corrected chi connectivity index (χ0v) is 15.6. The van der Waals surface area contributed by atoms with Crippen molar-refractivity contribution in [1.82, 2.24) is 15.0 Å². The third kappa shape index (κ3) is 4.21. The number of benzene rings is 1. The maximum atomic E-state index is 12.4. The fourth-order valence-corrected chi connectivity index (χ4v) is 3.40. The van der Waals surface area contributed by atoms with Crippen molar-refractivity contribution in [3.8, 4) is 0 Å². The van der Waals surface area contributed by atoms with Crippen LogP contribution in [-0.2, 0) is 11.2 Å². The van der Waals surface area contributed by atoms with E-state index in [-0.39, 0.29) is 12.3 Å². The van der Waals surface area contributed by atoms with E-state index in [1.807, 2.05) is 35.7 Å². The molecule has 3 aromatic heterocycles. The fourth-order valence-electron chi connectivity index (χ4n) is 2.57. The van der Waals surface area contributed by atoms with Gasteiger partial charge in [-0.3, -0.25) is 9.78 Å². The number of hydrogen-bond donors (Lipinski definition) is 2. The summed E-state index contributed by atoms with van der Waals surface area (Å²) in [7, 11) is 0. The van der Waals surface area contributed by atoms with Gasteiger partial charge in [0.15, 0.2) is 5.13 Å². The van der Waals surface area contributed by atoms with E-state index < -0.39 is 0 Å². The highest BCUT2D eigenvalue weighted by Crippen LogP contribution is 2.23. The molecule has 0 aliphatic carbocycles. The SMILES string of the molecule is O=C(Cc1csc(Nc2ccc(Cl)cn2)n1)Nc1cccc2cccnc12. The van der Waals surface area contributed by atoms with Gasteiger partial charge in [0, 0.05) is 23.2 Å². The number of rotatable bonds is 5. The standard InChI is InChI=1S/C19H14ClN5OS/c20-13-6-7-16(22-10-13)25-19-23-14(11-27-19)9-17(26)24-15-5-1-3-12-4-2-8-21-18(12)15/h1-8,10-11H,9H2,(H,24,26)(H,22,23,25). The Labute approximate surface area is 164 Å². The molecule has 0 spiro atoms. The summed E-state index contributed by atoms with van der Waals surface area (Å²) in [5, 5.41) is 10.1. The molecule has 6 nitrogen and oxygen atoms in total. The molecule has 27 heavy (non-hydrogen) atoms. The van der Waals surface area contributed by atoms with Crippen LogP contribution in [-0.4, -0.2) is 20.9 Å². The number of nitrogens with zero attached hydrogens (tertiary/aromatic N) is 3. The van der Waals surface area contributed by atoms with Crippen LogP contribution >= 0.6 is 22.9 Å². The van der Waals surface area contributed by atoms with Gasteiger partial charge in [-0.05, 0) is 24.3 Å². The molecule has 0 radical (unpaired) electrons. The summed E-state index contributed by atoms with van der Waals surface area (Å²) in [5.41, 5.74) is 2.14. The maximum absolute atomic E-state index is 12.4. The molecule has 4 aromatic rings. The fraction of sp³-hybridized carbons (Fsp3) is 0.0526. The molecule has 3 heterocycles. The Bertz CT molecular complexity index is 1090. The average molecular weight is 396 g/mol. The minimum absolute atomic E-state index is 0.144. The molecular formula is C19H14ClN5OS. The Balaban J connectivity index is 1.42. The number of nitrogens with one attached hydrogen (secondary N) is 2. The Kier molecular flexibility index (Phi) is 4.95. The first-order valence-electron chi connectivity index (χ1n) is 8.14. The summed E-state index contributed by atoms with van der Waals surface area (Å²) in [6.07, 6.45) is 3.45. The Morgan fingerprint density at radius 2 is 2.00 bits per heavy atom. The molecule has 4 rings (SSSR count). The summed E-state index contributed by atoms with van der Waals surface area (Å²) in [6, 6.07) is 13.0. The monoisotopic (exact) mass is 395 g/mol. The predicted molar refractivity (Wildman–Crippen MR) is 109 cm³/mol. The second kappa shape index (κ2) is 7.69. The molecule has 134 valence electrons. The van der Waals surface area contributed by atoms with Crippen LogP contribution in [0.25, 0.3) is 10.9 Å². The van der Waals surface area contributed by atoms with E-state index in [1.165, 1.54) is 11.3 Å². The number of hydrogen-bond acceptors (Lipinski definition) is 6. The van der Waals surface area contributed by atoms with Crippen LogP contribution < -0.4 is 10.6 Å². The van der Waals surface area contributed by atoms with Gasteiger partial charge >= 0.3 is 0 Å².